The Balaban J connectivity index is 0.00000192. The van der Waals surface area contributed by atoms with E-state index in [1.807, 2.05) is 4.90 Å². The van der Waals surface area contributed by atoms with E-state index in [0.29, 0.717) is 32.6 Å². The number of ether oxygens (including phenoxy) is 1. The highest BCUT2D eigenvalue weighted by molar-refractivity contribution is 5.88. The number of rotatable bonds is 2. The van der Waals surface area contributed by atoms with Crippen LogP contribution in [0.15, 0.2) is 24.3 Å². The normalized spacial score (nSPS) is 23.9. The summed E-state index contributed by atoms with van der Waals surface area (Å²) in [6, 6.07) is 6.40. The van der Waals surface area contributed by atoms with E-state index >= 15 is 0 Å². The molecule has 2 aliphatic heterocycles. The molecule has 2 fully saturated rings. The van der Waals surface area contributed by atoms with Crippen LogP contribution in [0.25, 0.3) is 0 Å². The first-order chi connectivity index (χ1) is 10.6. The molecule has 128 valence electrons. The van der Waals surface area contributed by atoms with Gasteiger partial charge < -0.3 is 15.4 Å². The minimum Gasteiger partial charge on any atom is -0.381 e. The number of hydrogen-bond donors (Lipinski definition) is 1. The van der Waals surface area contributed by atoms with Crippen molar-refractivity contribution in [1.82, 2.24) is 4.90 Å². The topological polar surface area (TPSA) is 55.6 Å². The Hall–Kier alpha value is -1.17. The minimum atomic E-state index is -0.594. The van der Waals surface area contributed by atoms with Crippen LogP contribution in [-0.4, -0.2) is 43.2 Å². The summed E-state index contributed by atoms with van der Waals surface area (Å²) in [6.45, 7) is 2.49. The van der Waals surface area contributed by atoms with Gasteiger partial charge in [0.2, 0.25) is 5.91 Å². The third kappa shape index (κ3) is 3.67. The predicted octanol–water partition coefficient (Wildman–Crippen LogP) is 2.25. The van der Waals surface area contributed by atoms with Crippen molar-refractivity contribution in [3.63, 3.8) is 0 Å². The highest BCUT2D eigenvalue weighted by atomic mass is 35.5. The van der Waals surface area contributed by atoms with Gasteiger partial charge in [-0.3, -0.25) is 4.79 Å². The lowest BCUT2D eigenvalue weighted by atomic mass is 9.72. The number of carbonyl (C=O) groups is 1. The maximum Gasteiger partial charge on any atom is 0.233 e. The van der Waals surface area contributed by atoms with E-state index < -0.39 is 5.41 Å². The third-order valence-corrected chi connectivity index (χ3v) is 4.90. The van der Waals surface area contributed by atoms with E-state index in [4.69, 9.17) is 10.5 Å². The van der Waals surface area contributed by atoms with Gasteiger partial charge in [0, 0.05) is 32.3 Å². The van der Waals surface area contributed by atoms with Crippen molar-refractivity contribution in [2.24, 2.45) is 5.73 Å². The van der Waals surface area contributed by atoms with Crippen molar-refractivity contribution in [1.29, 1.82) is 0 Å². The molecule has 0 saturated carbocycles. The molecule has 3 rings (SSSR count). The first kappa shape index (κ1) is 18.2. The molecule has 2 N–H and O–H groups in total. The lowest BCUT2D eigenvalue weighted by Crippen LogP contribution is -2.54. The van der Waals surface area contributed by atoms with Crippen molar-refractivity contribution in [2.75, 3.05) is 26.3 Å². The second-order valence-corrected chi connectivity index (χ2v) is 6.35. The summed E-state index contributed by atoms with van der Waals surface area (Å²) in [6.07, 6.45) is 3.20. The Kier molecular flexibility index (Phi) is 6.00. The van der Waals surface area contributed by atoms with E-state index in [-0.39, 0.29) is 30.2 Å². The molecular weight excluding hydrogens is 319 g/mol. The Labute approximate surface area is 142 Å². The summed E-state index contributed by atoms with van der Waals surface area (Å²) in [4.78, 5) is 15.1. The van der Waals surface area contributed by atoms with Crippen molar-refractivity contribution in [3.05, 3.63) is 35.6 Å². The molecule has 1 amide bonds. The number of likely N-dealkylation sites (tertiary alicyclic amines) is 1. The van der Waals surface area contributed by atoms with Crippen LogP contribution in [0, 0.1) is 5.82 Å². The highest BCUT2D eigenvalue weighted by Gasteiger charge is 2.44. The summed E-state index contributed by atoms with van der Waals surface area (Å²) >= 11 is 0. The number of carbonyl (C=O) groups excluding carboxylic acids is 1. The standard InChI is InChI=1S/C17H23FN2O2.ClH/c18-14-5-3-13(4-6-14)17(7-10-22-11-8-17)16(21)20-9-1-2-15(19)12-20;/h3-6,15H,1-2,7-12,19H2;1H. The van der Waals surface area contributed by atoms with Crippen LogP contribution >= 0.6 is 12.4 Å². The first-order valence-corrected chi connectivity index (χ1v) is 8.00. The zero-order chi connectivity index (χ0) is 15.6. The molecule has 4 nitrogen and oxygen atoms in total. The van der Waals surface area contributed by atoms with Gasteiger partial charge in [0.1, 0.15) is 5.82 Å². The maximum atomic E-state index is 13.2. The molecule has 0 aromatic heterocycles. The van der Waals surface area contributed by atoms with Gasteiger partial charge in [0.15, 0.2) is 0 Å². The molecule has 2 heterocycles. The molecule has 0 aliphatic carbocycles. The van der Waals surface area contributed by atoms with E-state index in [2.05, 4.69) is 0 Å². The van der Waals surface area contributed by atoms with Crippen LogP contribution in [0.1, 0.15) is 31.2 Å². The van der Waals surface area contributed by atoms with Gasteiger partial charge in [0.25, 0.3) is 0 Å². The fourth-order valence-electron chi connectivity index (χ4n) is 3.61. The number of piperidine rings is 1. The highest BCUT2D eigenvalue weighted by Crippen LogP contribution is 2.37. The van der Waals surface area contributed by atoms with Gasteiger partial charge >= 0.3 is 0 Å². The summed E-state index contributed by atoms with van der Waals surface area (Å²) < 4.78 is 18.7. The zero-order valence-corrected chi connectivity index (χ0v) is 14.0. The molecule has 6 heteroatoms. The molecule has 2 aliphatic rings. The molecule has 1 aromatic rings. The number of amides is 1. The molecule has 1 atom stereocenters. The summed E-state index contributed by atoms with van der Waals surface area (Å²) in [5, 5.41) is 0. The molecule has 23 heavy (non-hydrogen) atoms. The lowest BCUT2D eigenvalue weighted by molar-refractivity contribution is -0.142. The monoisotopic (exact) mass is 342 g/mol. The fourth-order valence-corrected chi connectivity index (χ4v) is 3.61. The average molecular weight is 343 g/mol. The summed E-state index contributed by atoms with van der Waals surface area (Å²) in [5.41, 5.74) is 6.32. The van der Waals surface area contributed by atoms with Gasteiger partial charge in [-0.15, -0.1) is 12.4 Å². The molecular formula is C17H24ClFN2O2. The second-order valence-electron chi connectivity index (χ2n) is 6.35. The second kappa shape index (κ2) is 7.60. The Morgan fingerprint density at radius 1 is 1.26 bits per heavy atom. The van der Waals surface area contributed by atoms with Crippen LogP contribution in [0.3, 0.4) is 0 Å². The Morgan fingerprint density at radius 3 is 2.52 bits per heavy atom. The predicted molar refractivity (Wildman–Crippen MR) is 89.2 cm³/mol. The van der Waals surface area contributed by atoms with Crippen LogP contribution in [0.5, 0.6) is 0 Å². The smallest absolute Gasteiger partial charge is 0.233 e. The molecule has 0 bridgehead atoms. The maximum absolute atomic E-state index is 13.2. The number of halogens is 2. The minimum absolute atomic E-state index is 0. The van der Waals surface area contributed by atoms with Crippen LogP contribution in [0.2, 0.25) is 0 Å². The van der Waals surface area contributed by atoms with Gasteiger partial charge in [-0.05, 0) is 43.4 Å². The van der Waals surface area contributed by atoms with E-state index in [0.717, 1.165) is 24.9 Å². The SMILES string of the molecule is Cl.NC1CCCN(C(=O)C2(c3ccc(F)cc3)CCOCC2)C1. The van der Waals surface area contributed by atoms with Crippen molar-refractivity contribution in [2.45, 2.75) is 37.1 Å². The lowest BCUT2D eigenvalue weighted by Gasteiger charge is -2.42. The van der Waals surface area contributed by atoms with E-state index in [1.54, 1.807) is 12.1 Å². The van der Waals surface area contributed by atoms with Gasteiger partial charge in [-0.1, -0.05) is 12.1 Å². The molecule has 1 unspecified atom stereocenters. The van der Waals surface area contributed by atoms with Crippen LogP contribution in [0.4, 0.5) is 4.39 Å². The summed E-state index contributed by atoms with van der Waals surface area (Å²) in [7, 11) is 0. The van der Waals surface area contributed by atoms with Crippen molar-refractivity contribution < 1.29 is 13.9 Å². The Morgan fingerprint density at radius 2 is 1.91 bits per heavy atom. The van der Waals surface area contributed by atoms with E-state index in [9.17, 15) is 9.18 Å². The molecule has 0 spiro atoms. The first-order valence-electron chi connectivity index (χ1n) is 8.00. The van der Waals surface area contributed by atoms with Gasteiger partial charge in [0.05, 0.1) is 5.41 Å². The summed E-state index contributed by atoms with van der Waals surface area (Å²) in [5.74, 6) is -0.157. The largest absolute Gasteiger partial charge is 0.381 e. The molecule has 0 radical (unpaired) electrons. The van der Waals surface area contributed by atoms with E-state index in [1.165, 1.54) is 12.1 Å². The van der Waals surface area contributed by atoms with Gasteiger partial charge in [-0.25, -0.2) is 4.39 Å². The quantitative estimate of drug-likeness (QED) is 0.896. The number of nitrogens with two attached hydrogens (primary N) is 1. The molecule has 2 saturated heterocycles. The van der Waals surface area contributed by atoms with Crippen molar-refractivity contribution >= 4 is 18.3 Å². The Bertz CT molecular complexity index is 532. The third-order valence-electron chi connectivity index (χ3n) is 4.90. The van der Waals surface area contributed by atoms with Gasteiger partial charge in [-0.2, -0.15) is 0 Å². The zero-order valence-electron chi connectivity index (χ0n) is 13.2. The number of nitrogens with zero attached hydrogens (tertiary/aromatic N) is 1. The average Bonchev–Trinajstić information content (AvgIpc) is 2.55. The fraction of sp³-hybridized carbons (Fsp3) is 0.588. The number of benzene rings is 1. The van der Waals surface area contributed by atoms with Crippen molar-refractivity contribution in [3.8, 4) is 0 Å². The number of hydrogen-bond acceptors (Lipinski definition) is 3. The van der Waals surface area contributed by atoms with Crippen LogP contribution < -0.4 is 5.73 Å². The molecule has 1 aromatic carbocycles. The van der Waals surface area contributed by atoms with Crippen LogP contribution in [-0.2, 0) is 14.9 Å².